The average molecular weight is 294 g/mol. The third-order valence-electron chi connectivity index (χ3n) is 2.23. The molecule has 0 amide bonds. The van der Waals surface area contributed by atoms with E-state index in [4.69, 9.17) is 4.74 Å². The molecule has 2 rings (SSSR count). The molecule has 1 aromatic heterocycles. The van der Waals surface area contributed by atoms with Crippen LogP contribution in [0.1, 0.15) is 5.56 Å². The third kappa shape index (κ3) is 3.17. The second kappa shape index (κ2) is 5.63. The van der Waals surface area contributed by atoms with Gasteiger partial charge in [0.15, 0.2) is 0 Å². The molecule has 0 unspecified atom stereocenters. The molecular formula is C12H12BrN3O. The molecule has 0 aliphatic heterocycles. The van der Waals surface area contributed by atoms with Crippen molar-refractivity contribution in [3.63, 3.8) is 0 Å². The highest BCUT2D eigenvalue weighted by molar-refractivity contribution is 9.10. The van der Waals surface area contributed by atoms with Crippen LogP contribution in [-0.2, 0) is 6.54 Å². The van der Waals surface area contributed by atoms with Crippen LogP contribution >= 0.6 is 15.9 Å². The molecule has 5 heteroatoms. The number of nitrogens with one attached hydrogen (secondary N) is 1. The Balaban J connectivity index is 2.05. The Bertz CT molecular complexity index is 505. The highest BCUT2D eigenvalue weighted by atomic mass is 79.9. The first kappa shape index (κ1) is 11.9. The van der Waals surface area contributed by atoms with Crippen LogP contribution < -0.4 is 10.1 Å². The molecule has 0 aliphatic rings. The smallest absolute Gasteiger partial charge is 0.226 e. The highest BCUT2D eigenvalue weighted by Crippen LogP contribution is 2.17. The molecule has 1 N–H and O–H groups in total. The van der Waals surface area contributed by atoms with Gasteiger partial charge >= 0.3 is 0 Å². The number of aromatic nitrogens is 2. The Hall–Kier alpha value is -1.62. The minimum atomic E-state index is 0.551. The summed E-state index contributed by atoms with van der Waals surface area (Å²) in [4.78, 5) is 8.29. The van der Waals surface area contributed by atoms with Gasteiger partial charge in [-0.15, -0.1) is 0 Å². The lowest BCUT2D eigenvalue weighted by molar-refractivity contribution is 0.397. The Morgan fingerprint density at radius 1 is 1.29 bits per heavy atom. The Kier molecular flexibility index (Phi) is 3.93. The molecule has 88 valence electrons. The molecule has 0 radical (unpaired) electrons. The first-order valence-electron chi connectivity index (χ1n) is 5.14. The van der Waals surface area contributed by atoms with Crippen LogP contribution in [-0.4, -0.2) is 17.1 Å². The number of benzene rings is 1. The summed E-state index contributed by atoms with van der Waals surface area (Å²) in [6.07, 6.45) is 1.66. The summed E-state index contributed by atoms with van der Waals surface area (Å²) in [5.41, 5.74) is 1.15. The molecule has 0 spiro atoms. The van der Waals surface area contributed by atoms with Crippen molar-refractivity contribution in [2.75, 3.05) is 12.4 Å². The van der Waals surface area contributed by atoms with Gasteiger partial charge in [-0.3, -0.25) is 0 Å². The lowest BCUT2D eigenvalue weighted by Crippen LogP contribution is -2.04. The van der Waals surface area contributed by atoms with E-state index in [2.05, 4.69) is 31.2 Å². The number of methoxy groups -OCH3 is 1. The van der Waals surface area contributed by atoms with E-state index in [0.717, 1.165) is 10.0 Å². The quantitative estimate of drug-likeness (QED) is 0.942. The first-order chi connectivity index (χ1) is 8.29. The van der Waals surface area contributed by atoms with Gasteiger partial charge in [0.1, 0.15) is 0 Å². The Morgan fingerprint density at radius 2 is 2.12 bits per heavy atom. The minimum absolute atomic E-state index is 0.551. The van der Waals surface area contributed by atoms with Gasteiger partial charge in [-0.25, -0.2) is 4.98 Å². The molecule has 2 aromatic rings. The molecule has 1 aromatic carbocycles. The largest absolute Gasteiger partial charge is 0.481 e. The zero-order chi connectivity index (χ0) is 12.1. The van der Waals surface area contributed by atoms with Crippen molar-refractivity contribution in [2.24, 2.45) is 0 Å². The van der Waals surface area contributed by atoms with E-state index in [1.165, 1.54) is 0 Å². The number of anilines is 1. The van der Waals surface area contributed by atoms with E-state index in [-0.39, 0.29) is 0 Å². The highest BCUT2D eigenvalue weighted by Gasteiger charge is 2.01. The fourth-order valence-corrected chi connectivity index (χ4v) is 1.78. The maximum atomic E-state index is 5.03. The van der Waals surface area contributed by atoms with E-state index in [1.54, 1.807) is 19.4 Å². The van der Waals surface area contributed by atoms with Crippen molar-refractivity contribution in [3.8, 4) is 5.88 Å². The van der Waals surface area contributed by atoms with E-state index in [0.29, 0.717) is 18.4 Å². The number of hydrogen-bond donors (Lipinski definition) is 1. The molecular weight excluding hydrogens is 282 g/mol. The minimum Gasteiger partial charge on any atom is -0.481 e. The van der Waals surface area contributed by atoms with Crippen molar-refractivity contribution in [1.82, 2.24) is 9.97 Å². The maximum Gasteiger partial charge on any atom is 0.226 e. The summed E-state index contributed by atoms with van der Waals surface area (Å²) >= 11 is 3.49. The van der Waals surface area contributed by atoms with Gasteiger partial charge in [0, 0.05) is 23.3 Å². The molecule has 1 heterocycles. The molecule has 4 nitrogen and oxygen atoms in total. The SMILES string of the molecule is COc1ccnc(NCc2ccccc2Br)n1. The zero-order valence-corrected chi connectivity index (χ0v) is 10.9. The second-order valence-corrected chi connectivity index (χ2v) is 4.22. The summed E-state index contributed by atoms with van der Waals surface area (Å²) in [7, 11) is 1.58. The second-order valence-electron chi connectivity index (χ2n) is 3.37. The lowest BCUT2D eigenvalue weighted by Gasteiger charge is -2.07. The van der Waals surface area contributed by atoms with Gasteiger partial charge in [-0.05, 0) is 11.6 Å². The lowest BCUT2D eigenvalue weighted by atomic mass is 10.2. The molecule has 17 heavy (non-hydrogen) atoms. The maximum absolute atomic E-state index is 5.03. The molecule has 0 saturated heterocycles. The molecule has 0 atom stereocenters. The van der Waals surface area contributed by atoms with Gasteiger partial charge in [0.25, 0.3) is 0 Å². The molecule has 0 saturated carbocycles. The summed E-state index contributed by atoms with van der Waals surface area (Å²) < 4.78 is 6.10. The number of halogens is 1. The van der Waals surface area contributed by atoms with Crippen LogP contribution in [0.4, 0.5) is 5.95 Å². The number of rotatable bonds is 4. The Labute approximate surface area is 108 Å². The van der Waals surface area contributed by atoms with Gasteiger partial charge in [0.2, 0.25) is 11.8 Å². The van der Waals surface area contributed by atoms with Crippen LogP contribution in [0.15, 0.2) is 41.0 Å². The number of nitrogens with zero attached hydrogens (tertiary/aromatic N) is 2. The summed E-state index contributed by atoms with van der Waals surface area (Å²) in [6.45, 7) is 0.661. The monoisotopic (exact) mass is 293 g/mol. The zero-order valence-electron chi connectivity index (χ0n) is 9.35. The van der Waals surface area contributed by atoms with E-state index in [1.807, 2.05) is 24.3 Å². The summed E-state index contributed by atoms with van der Waals surface area (Å²) in [5.74, 6) is 1.11. The number of ether oxygens (including phenoxy) is 1. The van der Waals surface area contributed by atoms with Gasteiger partial charge in [0.05, 0.1) is 7.11 Å². The van der Waals surface area contributed by atoms with Crippen LogP contribution in [0.5, 0.6) is 5.88 Å². The van der Waals surface area contributed by atoms with Crippen LogP contribution in [0, 0.1) is 0 Å². The fourth-order valence-electron chi connectivity index (χ4n) is 1.36. The van der Waals surface area contributed by atoms with Crippen molar-refractivity contribution < 1.29 is 4.74 Å². The molecule has 0 bridgehead atoms. The molecule has 0 aliphatic carbocycles. The van der Waals surface area contributed by atoms with E-state index < -0.39 is 0 Å². The van der Waals surface area contributed by atoms with E-state index in [9.17, 15) is 0 Å². The van der Waals surface area contributed by atoms with Crippen LogP contribution in [0.2, 0.25) is 0 Å². The number of hydrogen-bond acceptors (Lipinski definition) is 4. The normalized spacial score (nSPS) is 10.0. The molecule has 0 fully saturated rings. The van der Waals surface area contributed by atoms with Crippen LogP contribution in [0.3, 0.4) is 0 Å². The van der Waals surface area contributed by atoms with Gasteiger partial charge in [-0.1, -0.05) is 34.1 Å². The predicted octanol–water partition coefficient (Wildman–Crippen LogP) is 2.86. The van der Waals surface area contributed by atoms with Crippen molar-refractivity contribution in [3.05, 3.63) is 46.6 Å². The van der Waals surface area contributed by atoms with Crippen molar-refractivity contribution >= 4 is 21.9 Å². The average Bonchev–Trinajstić information content (AvgIpc) is 2.38. The predicted molar refractivity (Wildman–Crippen MR) is 70.1 cm³/mol. The Morgan fingerprint density at radius 3 is 2.88 bits per heavy atom. The van der Waals surface area contributed by atoms with Gasteiger partial charge in [-0.2, -0.15) is 4.98 Å². The summed E-state index contributed by atoms with van der Waals surface area (Å²) in [6, 6.07) is 9.73. The topological polar surface area (TPSA) is 47.0 Å². The van der Waals surface area contributed by atoms with Crippen molar-refractivity contribution in [2.45, 2.75) is 6.54 Å². The van der Waals surface area contributed by atoms with Crippen molar-refractivity contribution in [1.29, 1.82) is 0 Å². The first-order valence-corrected chi connectivity index (χ1v) is 5.93. The van der Waals surface area contributed by atoms with Crippen LogP contribution in [0.25, 0.3) is 0 Å². The fraction of sp³-hybridized carbons (Fsp3) is 0.167. The standard InChI is InChI=1S/C12H12BrN3O/c1-17-11-6-7-14-12(16-11)15-8-9-4-2-3-5-10(9)13/h2-7H,8H2,1H3,(H,14,15,16). The van der Waals surface area contributed by atoms with E-state index >= 15 is 0 Å². The van der Waals surface area contributed by atoms with Gasteiger partial charge < -0.3 is 10.1 Å². The third-order valence-corrected chi connectivity index (χ3v) is 3.01. The summed E-state index contributed by atoms with van der Waals surface area (Å²) in [5, 5.41) is 3.14.